The van der Waals surface area contributed by atoms with Crippen molar-refractivity contribution in [1.82, 2.24) is 25.5 Å². The van der Waals surface area contributed by atoms with Crippen LogP contribution in [-0.2, 0) is 21.2 Å². The van der Waals surface area contributed by atoms with Crippen molar-refractivity contribution in [1.29, 1.82) is 0 Å². The maximum atomic E-state index is 12.4. The van der Waals surface area contributed by atoms with Gasteiger partial charge in [-0.3, -0.25) is 4.55 Å². The van der Waals surface area contributed by atoms with E-state index in [2.05, 4.69) is 26.4 Å². The second kappa shape index (κ2) is 6.27. The van der Waals surface area contributed by atoms with E-state index in [-0.39, 0.29) is 6.04 Å². The molecule has 0 aromatic carbocycles. The lowest BCUT2D eigenvalue weighted by Crippen LogP contribution is -2.35. The van der Waals surface area contributed by atoms with E-state index in [1.165, 1.54) is 16.2 Å². The Bertz CT molecular complexity index is 764. The quantitative estimate of drug-likeness (QED) is 0.701. The van der Waals surface area contributed by atoms with E-state index in [0.29, 0.717) is 30.9 Å². The topological polar surface area (TPSA) is 125 Å². The van der Waals surface area contributed by atoms with Crippen LogP contribution in [0, 0.1) is 0 Å². The highest BCUT2D eigenvalue weighted by molar-refractivity contribution is 7.80. The number of urea groups is 1. The first-order valence-electron chi connectivity index (χ1n) is 7.23. The molecule has 0 saturated carbocycles. The zero-order chi connectivity index (χ0) is 17.5. The lowest BCUT2D eigenvalue weighted by atomic mass is 10.0. The van der Waals surface area contributed by atoms with Crippen LogP contribution in [-0.4, -0.2) is 51.7 Å². The van der Waals surface area contributed by atoms with Gasteiger partial charge in [-0.25, -0.2) is 4.79 Å². The fourth-order valence-electron chi connectivity index (χ4n) is 2.79. The number of allylic oxidation sites excluding steroid dienone is 1. The van der Waals surface area contributed by atoms with E-state index >= 15 is 0 Å². The molecule has 0 spiro atoms. The molecule has 1 aromatic rings. The number of piperidine rings is 1. The molecule has 2 fully saturated rings. The van der Waals surface area contributed by atoms with Gasteiger partial charge in [-0.05, 0) is 19.8 Å². The molecular weight excluding hydrogens is 358 g/mol. The first-order valence-corrected chi connectivity index (χ1v) is 9.41. The predicted molar refractivity (Wildman–Crippen MR) is 83.9 cm³/mol. The summed E-state index contributed by atoms with van der Waals surface area (Å²) in [4.78, 5) is 13.8. The number of aromatic nitrogens is 2. The number of carbonyl (C=O) groups excluding carboxylic acids is 1. The van der Waals surface area contributed by atoms with Crippen LogP contribution < -0.4 is 5.32 Å². The van der Waals surface area contributed by atoms with Gasteiger partial charge in [-0.15, -0.1) is 14.5 Å². The Balaban J connectivity index is 1.73. The van der Waals surface area contributed by atoms with E-state index in [9.17, 15) is 13.2 Å². The van der Waals surface area contributed by atoms with Gasteiger partial charge in [0.05, 0.1) is 18.6 Å². The predicted octanol–water partition coefficient (Wildman–Crippen LogP) is 0.837. The Morgan fingerprint density at radius 1 is 1.50 bits per heavy atom. The second-order valence-corrected chi connectivity index (χ2v) is 7.78. The Morgan fingerprint density at radius 3 is 2.92 bits per heavy atom. The molecule has 0 radical (unpaired) electrons. The summed E-state index contributed by atoms with van der Waals surface area (Å²) in [5.74, 6) is 0. The van der Waals surface area contributed by atoms with Gasteiger partial charge in [-0.1, -0.05) is 17.9 Å². The van der Waals surface area contributed by atoms with Crippen LogP contribution in [0.1, 0.15) is 35.8 Å². The monoisotopic (exact) mass is 375 g/mol. The maximum absolute atomic E-state index is 12.4. The summed E-state index contributed by atoms with van der Waals surface area (Å²) in [6, 6.07) is -1.29. The molecule has 132 valence electrons. The molecular formula is C12H17N5O5S2. The lowest BCUT2D eigenvalue weighted by Gasteiger charge is -2.28. The van der Waals surface area contributed by atoms with Crippen LogP contribution >= 0.6 is 11.3 Å². The molecule has 24 heavy (non-hydrogen) atoms. The SMILES string of the molecule is C=C(C)NCc1nnc([C@@H]2CC[C@@H]3CN2C(=O)N3OS(=O)(=O)O)s1. The average molecular weight is 375 g/mol. The summed E-state index contributed by atoms with van der Waals surface area (Å²) in [7, 11) is -4.74. The summed E-state index contributed by atoms with van der Waals surface area (Å²) < 4.78 is 35.0. The minimum Gasteiger partial charge on any atom is -0.382 e. The number of hydroxylamine groups is 2. The fraction of sp³-hybridized carbons (Fsp3) is 0.583. The third-order valence-electron chi connectivity index (χ3n) is 3.81. The van der Waals surface area contributed by atoms with E-state index in [1.807, 2.05) is 6.92 Å². The van der Waals surface area contributed by atoms with Crippen LogP contribution in [0.5, 0.6) is 0 Å². The van der Waals surface area contributed by atoms with Crippen molar-refractivity contribution in [2.45, 2.75) is 38.4 Å². The number of nitrogens with one attached hydrogen (secondary N) is 1. The number of carbonyl (C=O) groups is 1. The van der Waals surface area contributed by atoms with E-state index in [4.69, 9.17) is 4.55 Å². The summed E-state index contributed by atoms with van der Waals surface area (Å²) in [6.45, 7) is 6.42. The number of rotatable bonds is 6. The minimum atomic E-state index is -4.74. The third kappa shape index (κ3) is 3.50. The lowest BCUT2D eigenvalue weighted by molar-refractivity contribution is -0.0317. The summed E-state index contributed by atoms with van der Waals surface area (Å²) >= 11 is 1.39. The van der Waals surface area contributed by atoms with Gasteiger partial charge in [0.25, 0.3) is 0 Å². The molecule has 2 amide bonds. The molecule has 2 saturated heterocycles. The van der Waals surface area contributed by atoms with Crippen molar-refractivity contribution >= 4 is 27.8 Å². The number of nitrogens with zero attached hydrogens (tertiary/aromatic N) is 4. The smallest absolute Gasteiger partial charge is 0.382 e. The minimum absolute atomic E-state index is 0.278. The Kier molecular flexibility index (Phi) is 4.46. The van der Waals surface area contributed by atoms with Gasteiger partial charge in [-0.2, -0.15) is 13.5 Å². The van der Waals surface area contributed by atoms with Gasteiger partial charge in [0.2, 0.25) is 0 Å². The average Bonchev–Trinajstić information content (AvgIpc) is 3.04. The molecule has 3 heterocycles. The van der Waals surface area contributed by atoms with Crippen molar-refractivity contribution < 1.29 is 22.0 Å². The maximum Gasteiger partial charge on any atom is 0.418 e. The molecule has 1 aromatic heterocycles. The van der Waals surface area contributed by atoms with Gasteiger partial charge >= 0.3 is 16.4 Å². The highest BCUT2D eigenvalue weighted by Crippen LogP contribution is 2.39. The first kappa shape index (κ1) is 17.1. The number of amides is 2. The summed E-state index contributed by atoms with van der Waals surface area (Å²) in [5.41, 5.74) is 0.819. The van der Waals surface area contributed by atoms with Crippen molar-refractivity contribution in [2.75, 3.05) is 6.54 Å². The van der Waals surface area contributed by atoms with Crippen molar-refractivity contribution in [3.05, 3.63) is 22.3 Å². The molecule has 0 aliphatic carbocycles. The number of hydrogen-bond acceptors (Lipinski definition) is 8. The van der Waals surface area contributed by atoms with Crippen molar-refractivity contribution in [2.24, 2.45) is 0 Å². The summed E-state index contributed by atoms with van der Waals surface area (Å²) in [5, 5.41) is 13.5. The number of fused-ring (bicyclic) bond motifs is 2. The van der Waals surface area contributed by atoms with Crippen molar-refractivity contribution in [3.8, 4) is 0 Å². The fourth-order valence-corrected chi connectivity index (χ4v) is 4.11. The van der Waals surface area contributed by atoms with Crippen LogP contribution in [0.15, 0.2) is 12.3 Å². The van der Waals surface area contributed by atoms with E-state index in [1.54, 1.807) is 0 Å². The molecule has 2 atom stereocenters. The zero-order valence-electron chi connectivity index (χ0n) is 12.9. The molecule has 10 nitrogen and oxygen atoms in total. The molecule has 2 aliphatic rings. The molecule has 0 unspecified atom stereocenters. The van der Waals surface area contributed by atoms with E-state index in [0.717, 1.165) is 15.8 Å². The van der Waals surface area contributed by atoms with Gasteiger partial charge < -0.3 is 10.2 Å². The first-order chi connectivity index (χ1) is 11.2. The highest BCUT2D eigenvalue weighted by Gasteiger charge is 2.48. The van der Waals surface area contributed by atoms with Crippen LogP contribution in [0.2, 0.25) is 0 Å². The third-order valence-corrected chi connectivity index (χ3v) is 5.18. The molecule has 2 aliphatic heterocycles. The van der Waals surface area contributed by atoms with Crippen LogP contribution in [0.4, 0.5) is 4.79 Å². The van der Waals surface area contributed by atoms with Gasteiger partial charge in [0.1, 0.15) is 10.0 Å². The van der Waals surface area contributed by atoms with Gasteiger partial charge in [0.15, 0.2) is 0 Å². The standard InChI is InChI=1S/C12H17N5O5S2/c1-7(2)13-5-10-14-15-11(23-10)9-4-3-8-6-16(9)12(18)17(8)22-24(19,20)21/h8-9,13H,1,3-6H2,2H3,(H,19,20,21)/t8-,9+/m1/s1. The molecule has 2 N–H and O–H groups in total. The molecule has 3 rings (SSSR count). The Hall–Kier alpha value is -1.76. The number of hydrogen-bond donors (Lipinski definition) is 2. The van der Waals surface area contributed by atoms with Crippen LogP contribution in [0.25, 0.3) is 0 Å². The second-order valence-electron chi connectivity index (χ2n) is 5.68. The van der Waals surface area contributed by atoms with Crippen molar-refractivity contribution in [3.63, 3.8) is 0 Å². The molecule has 2 bridgehead atoms. The Labute approximate surface area is 143 Å². The normalized spacial score (nSPS) is 23.7. The Morgan fingerprint density at radius 2 is 2.25 bits per heavy atom. The van der Waals surface area contributed by atoms with E-state index < -0.39 is 22.5 Å². The molecule has 12 heteroatoms. The highest BCUT2D eigenvalue weighted by atomic mass is 32.3. The largest absolute Gasteiger partial charge is 0.418 e. The zero-order valence-corrected chi connectivity index (χ0v) is 14.5. The van der Waals surface area contributed by atoms with Gasteiger partial charge in [0, 0.05) is 12.2 Å². The van der Waals surface area contributed by atoms with Crippen LogP contribution in [0.3, 0.4) is 0 Å². The summed E-state index contributed by atoms with van der Waals surface area (Å²) in [6.07, 6.45) is 1.16.